The molecule has 2 aromatic carbocycles. The number of primary amides is 1. The molecule has 0 aliphatic rings. The molecule has 0 bridgehead atoms. The van der Waals surface area contributed by atoms with Gasteiger partial charge in [0.1, 0.15) is 5.75 Å². The molecule has 3 rings (SSSR count). The van der Waals surface area contributed by atoms with Gasteiger partial charge in [-0.25, -0.2) is 0 Å². The lowest BCUT2D eigenvalue weighted by Gasteiger charge is -2.07. The molecule has 0 radical (unpaired) electrons. The lowest BCUT2D eigenvalue weighted by Crippen LogP contribution is -2.13. The number of carbonyl (C=O) groups excluding carboxylic acids is 1. The molecule has 0 aliphatic heterocycles. The van der Waals surface area contributed by atoms with Gasteiger partial charge in [0.25, 0.3) is 0 Å². The van der Waals surface area contributed by atoms with Crippen molar-refractivity contribution in [2.45, 2.75) is 13.0 Å². The summed E-state index contributed by atoms with van der Waals surface area (Å²) in [5, 5.41) is 0.839. The van der Waals surface area contributed by atoms with E-state index in [4.69, 9.17) is 15.4 Å². The van der Waals surface area contributed by atoms with Crippen molar-refractivity contribution < 1.29 is 23.5 Å². The zero-order valence-corrected chi connectivity index (χ0v) is 14.8. The summed E-state index contributed by atoms with van der Waals surface area (Å²) in [6.45, 7) is 0.317. The molecule has 0 aliphatic carbocycles. The molecule has 0 saturated carbocycles. The van der Waals surface area contributed by atoms with E-state index in [9.17, 15) is 9.36 Å². The molecule has 1 unspecified atom stereocenters. The molecule has 1 atom stereocenters. The first kappa shape index (κ1) is 18.1. The number of hydrogen-bond donors (Lipinski definition) is 2. The number of hydrogen-bond acceptors (Lipinski definition) is 4. The minimum Gasteiger partial charge on any atom is -0.463 e. The lowest BCUT2D eigenvalue weighted by atomic mass is 10.1. The van der Waals surface area contributed by atoms with Crippen LogP contribution in [0.1, 0.15) is 11.1 Å². The van der Waals surface area contributed by atoms with Crippen molar-refractivity contribution in [2.24, 2.45) is 5.73 Å². The van der Waals surface area contributed by atoms with E-state index in [2.05, 4.69) is 4.52 Å². The van der Waals surface area contributed by atoms with E-state index < -0.39 is 14.2 Å². The average molecular weight is 373 g/mol. The van der Waals surface area contributed by atoms with Crippen molar-refractivity contribution in [3.8, 4) is 5.75 Å². The van der Waals surface area contributed by atoms with Gasteiger partial charge >= 0.3 is 8.25 Å². The predicted molar refractivity (Wildman–Crippen MR) is 96.8 cm³/mol. The smallest absolute Gasteiger partial charge is 0.463 e. The van der Waals surface area contributed by atoms with Crippen LogP contribution in [0.25, 0.3) is 10.9 Å². The van der Waals surface area contributed by atoms with E-state index >= 15 is 0 Å². The van der Waals surface area contributed by atoms with E-state index in [0.29, 0.717) is 12.3 Å². The number of ether oxygens (including phenoxy) is 1. The number of aromatic nitrogens is 1. The number of fused-ring (bicyclic) bond motifs is 1. The van der Waals surface area contributed by atoms with Crippen LogP contribution < -0.4 is 10.5 Å². The van der Waals surface area contributed by atoms with Crippen LogP contribution in [0.5, 0.6) is 5.75 Å². The number of nitrogens with two attached hydrogens (primary N) is 1. The van der Waals surface area contributed by atoms with Gasteiger partial charge in [-0.15, -0.1) is 4.89 Å². The fourth-order valence-corrected chi connectivity index (χ4v) is 2.96. The predicted octanol–water partition coefficient (Wildman–Crippen LogP) is 2.72. The Morgan fingerprint density at radius 2 is 1.96 bits per heavy atom. The van der Waals surface area contributed by atoms with Crippen LogP contribution in [0.15, 0.2) is 54.7 Å². The van der Waals surface area contributed by atoms with Crippen LogP contribution in [0, 0.1) is 0 Å². The molecule has 7 nitrogen and oxygen atoms in total. The van der Waals surface area contributed by atoms with Gasteiger partial charge in [0, 0.05) is 28.2 Å². The summed E-state index contributed by atoms with van der Waals surface area (Å²) in [5.74, 6) is 0.0493. The lowest BCUT2D eigenvalue weighted by molar-refractivity contribution is -0.117. The standard InChI is InChI=1S/C18H17N2O5P/c19-18(21)8-14-11-20(10-13-4-2-1-3-5-13)17-7-6-15(9-16(14)17)24-12-25-26(22)23/h1-7,9,11H,8,10,12H2,(H2-,19,21,22,23)/p+1. The molecule has 8 heteroatoms. The van der Waals surface area contributed by atoms with Crippen LogP contribution in [0.4, 0.5) is 0 Å². The first-order valence-corrected chi connectivity index (χ1v) is 9.02. The highest BCUT2D eigenvalue weighted by Crippen LogP contribution is 2.28. The molecule has 3 aromatic rings. The quantitative estimate of drug-likeness (QED) is 0.467. The molecule has 1 aromatic heterocycles. The topological polar surface area (TPSA) is 104 Å². The largest absolute Gasteiger partial charge is 0.698 e. The van der Waals surface area contributed by atoms with E-state index in [1.165, 1.54) is 0 Å². The van der Waals surface area contributed by atoms with Crippen molar-refractivity contribution in [1.82, 2.24) is 4.57 Å². The molecule has 1 heterocycles. The third kappa shape index (κ3) is 4.46. The van der Waals surface area contributed by atoms with Crippen molar-refractivity contribution in [1.29, 1.82) is 0 Å². The number of amides is 1. The van der Waals surface area contributed by atoms with Crippen molar-refractivity contribution >= 4 is 25.1 Å². The number of rotatable bonds is 8. The third-order valence-electron chi connectivity index (χ3n) is 3.88. The maximum Gasteiger partial charge on any atom is 0.698 e. The number of carbonyl (C=O) groups is 1. The first-order valence-electron chi connectivity index (χ1n) is 7.89. The van der Waals surface area contributed by atoms with Crippen molar-refractivity contribution in [2.75, 3.05) is 6.79 Å². The summed E-state index contributed by atoms with van der Waals surface area (Å²) in [7, 11) is -2.71. The van der Waals surface area contributed by atoms with Crippen molar-refractivity contribution in [3.63, 3.8) is 0 Å². The van der Waals surface area contributed by atoms with Crippen LogP contribution in [0.2, 0.25) is 0 Å². The highest BCUT2D eigenvalue weighted by Gasteiger charge is 2.14. The normalized spacial score (nSPS) is 11.5. The van der Waals surface area contributed by atoms with Crippen LogP contribution >= 0.6 is 8.25 Å². The minimum atomic E-state index is -2.71. The zero-order chi connectivity index (χ0) is 18.5. The molecular formula is C18H18N2O5P+. The third-order valence-corrected chi connectivity index (χ3v) is 4.21. The monoisotopic (exact) mass is 373 g/mol. The van der Waals surface area contributed by atoms with Gasteiger partial charge < -0.3 is 15.0 Å². The molecular weight excluding hydrogens is 355 g/mol. The maximum absolute atomic E-state index is 11.4. The Labute approximate surface area is 150 Å². The Kier molecular flexibility index (Phi) is 5.63. The second-order valence-corrected chi connectivity index (χ2v) is 6.45. The highest BCUT2D eigenvalue weighted by molar-refractivity contribution is 7.32. The second-order valence-electron chi connectivity index (χ2n) is 5.72. The molecule has 134 valence electrons. The first-order chi connectivity index (χ1) is 12.5. The molecule has 0 spiro atoms. The van der Waals surface area contributed by atoms with E-state index in [-0.39, 0.29) is 13.2 Å². The van der Waals surface area contributed by atoms with Gasteiger partial charge in [0.2, 0.25) is 12.7 Å². The van der Waals surface area contributed by atoms with Gasteiger partial charge in [-0.3, -0.25) is 4.79 Å². The van der Waals surface area contributed by atoms with Gasteiger partial charge in [-0.05, 0) is 29.3 Å². The summed E-state index contributed by atoms with van der Waals surface area (Å²) >= 11 is 0. The molecule has 3 N–H and O–H groups in total. The molecule has 1 amide bonds. The Morgan fingerprint density at radius 1 is 1.19 bits per heavy atom. The maximum atomic E-state index is 11.4. The minimum absolute atomic E-state index is 0.112. The number of nitrogens with zero attached hydrogens (tertiary/aromatic N) is 1. The summed E-state index contributed by atoms with van der Waals surface area (Å²) in [5.41, 5.74) is 8.23. The zero-order valence-electron chi connectivity index (χ0n) is 13.9. The van der Waals surface area contributed by atoms with Crippen LogP contribution in [0.3, 0.4) is 0 Å². The summed E-state index contributed by atoms with van der Waals surface area (Å²) < 4.78 is 22.4. The van der Waals surface area contributed by atoms with Crippen molar-refractivity contribution in [3.05, 3.63) is 65.9 Å². The highest BCUT2D eigenvalue weighted by atomic mass is 31.1. The fraction of sp³-hybridized carbons (Fsp3) is 0.167. The molecule has 0 fully saturated rings. The van der Waals surface area contributed by atoms with Gasteiger partial charge in [0.15, 0.2) is 0 Å². The van der Waals surface area contributed by atoms with E-state index in [1.54, 1.807) is 12.1 Å². The molecule has 26 heavy (non-hydrogen) atoms. The summed E-state index contributed by atoms with van der Waals surface area (Å²) in [6.07, 6.45) is 2.02. The molecule has 0 saturated heterocycles. The Balaban J connectivity index is 1.93. The van der Waals surface area contributed by atoms with E-state index in [1.807, 2.05) is 47.2 Å². The van der Waals surface area contributed by atoms with Gasteiger partial charge in [-0.1, -0.05) is 34.9 Å². The van der Waals surface area contributed by atoms with Crippen LogP contribution in [-0.4, -0.2) is 22.2 Å². The van der Waals surface area contributed by atoms with Gasteiger partial charge in [-0.2, -0.15) is 0 Å². The Hall–Kier alpha value is -2.73. The van der Waals surface area contributed by atoms with Crippen LogP contribution in [-0.2, 0) is 26.8 Å². The average Bonchev–Trinajstić information content (AvgIpc) is 2.92. The van der Waals surface area contributed by atoms with E-state index in [0.717, 1.165) is 22.0 Å². The summed E-state index contributed by atoms with van der Waals surface area (Å²) in [4.78, 5) is 20.1. The Bertz CT molecular complexity index is 939. The number of benzene rings is 2. The second kappa shape index (κ2) is 8.10. The Morgan fingerprint density at radius 3 is 2.65 bits per heavy atom. The fourth-order valence-electron chi connectivity index (χ4n) is 2.82. The summed E-state index contributed by atoms with van der Waals surface area (Å²) in [6, 6.07) is 15.4. The van der Waals surface area contributed by atoms with Gasteiger partial charge in [0.05, 0.1) is 6.42 Å². The SMILES string of the molecule is NC(=O)Cc1cn(Cc2ccccc2)c2ccc(OCO[P+](=O)O)cc12.